The van der Waals surface area contributed by atoms with E-state index >= 15 is 0 Å². The second-order valence-electron chi connectivity index (χ2n) is 3.41. The monoisotopic (exact) mass is 201 g/mol. The maximum atomic E-state index is 3.79. The van der Waals surface area contributed by atoms with E-state index in [1.807, 2.05) is 12.1 Å². The summed E-state index contributed by atoms with van der Waals surface area (Å²) in [4.78, 5) is 2.29. The maximum Gasteiger partial charge on any atom is 0.0371 e. The Bertz CT molecular complexity index is 300. The van der Waals surface area contributed by atoms with E-state index in [-0.39, 0.29) is 0 Å². The van der Waals surface area contributed by atoms with Gasteiger partial charge in [-0.05, 0) is 18.6 Å². The number of hydrogen-bond acceptors (Lipinski definition) is 1. The molecule has 1 heteroatoms. The fourth-order valence-electron chi connectivity index (χ4n) is 1.45. The quantitative estimate of drug-likeness (QED) is 0.635. The lowest BCUT2D eigenvalue weighted by atomic mass is 10.2. The highest BCUT2D eigenvalue weighted by Crippen LogP contribution is 2.12. The molecule has 0 amide bonds. The van der Waals surface area contributed by atoms with Crippen LogP contribution in [0.2, 0.25) is 0 Å². The molecule has 0 radical (unpaired) electrons. The Morgan fingerprint density at radius 1 is 1.13 bits per heavy atom. The van der Waals surface area contributed by atoms with Crippen molar-refractivity contribution in [2.24, 2.45) is 0 Å². The van der Waals surface area contributed by atoms with Crippen molar-refractivity contribution in [3.63, 3.8) is 0 Å². The number of nitrogens with zero attached hydrogens (tertiary/aromatic N) is 1. The van der Waals surface area contributed by atoms with E-state index in [9.17, 15) is 0 Å². The van der Waals surface area contributed by atoms with Gasteiger partial charge in [-0.25, -0.2) is 0 Å². The molecule has 15 heavy (non-hydrogen) atoms. The molecule has 0 aromatic heterocycles. The third kappa shape index (κ3) is 4.03. The summed E-state index contributed by atoms with van der Waals surface area (Å²) in [5.41, 5.74) is 1.25. The molecule has 1 aromatic carbocycles. The molecule has 1 aromatic rings. The number of rotatable bonds is 6. The van der Waals surface area contributed by atoms with Crippen LogP contribution in [0, 0.1) is 0 Å². The summed E-state index contributed by atoms with van der Waals surface area (Å²) in [5, 5.41) is 0. The minimum atomic E-state index is 0.887. The van der Waals surface area contributed by atoms with E-state index < -0.39 is 0 Å². The predicted octanol–water partition coefficient (Wildman–Crippen LogP) is 3.65. The van der Waals surface area contributed by atoms with Gasteiger partial charge in [0, 0.05) is 18.8 Å². The summed E-state index contributed by atoms with van der Waals surface area (Å²) in [7, 11) is 0. The second-order valence-corrected chi connectivity index (χ2v) is 3.41. The first-order valence-electron chi connectivity index (χ1n) is 5.44. The first-order chi connectivity index (χ1) is 7.38. The van der Waals surface area contributed by atoms with Crippen molar-refractivity contribution in [2.75, 3.05) is 18.0 Å². The zero-order valence-corrected chi connectivity index (χ0v) is 9.39. The molecule has 0 aliphatic carbocycles. The van der Waals surface area contributed by atoms with Gasteiger partial charge >= 0.3 is 0 Å². The topological polar surface area (TPSA) is 3.24 Å². The number of anilines is 1. The Hall–Kier alpha value is -1.50. The molecule has 0 saturated heterocycles. The molecule has 0 bridgehead atoms. The lowest BCUT2D eigenvalue weighted by Gasteiger charge is -2.21. The average molecular weight is 201 g/mol. The van der Waals surface area contributed by atoms with Gasteiger partial charge in [0.15, 0.2) is 0 Å². The molecule has 0 atom stereocenters. The molecule has 0 saturated carbocycles. The van der Waals surface area contributed by atoms with Gasteiger partial charge in [0.1, 0.15) is 0 Å². The van der Waals surface area contributed by atoms with Crippen molar-refractivity contribution < 1.29 is 0 Å². The number of hydrogen-bond donors (Lipinski definition) is 0. The predicted molar refractivity (Wildman–Crippen MR) is 68.3 cm³/mol. The number of benzene rings is 1. The molecule has 0 aliphatic heterocycles. The summed E-state index contributed by atoms with van der Waals surface area (Å²) < 4.78 is 0. The van der Waals surface area contributed by atoms with Crippen molar-refractivity contribution in [1.82, 2.24) is 0 Å². The molecule has 0 aliphatic rings. The second kappa shape index (κ2) is 6.88. The van der Waals surface area contributed by atoms with Crippen LogP contribution in [-0.2, 0) is 0 Å². The molecule has 1 nitrogen and oxygen atoms in total. The lowest BCUT2D eigenvalue weighted by molar-refractivity contribution is 0.951. The van der Waals surface area contributed by atoms with Crippen LogP contribution < -0.4 is 4.90 Å². The third-order valence-corrected chi connectivity index (χ3v) is 2.20. The highest BCUT2D eigenvalue weighted by atomic mass is 15.1. The van der Waals surface area contributed by atoms with Crippen LogP contribution in [0.5, 0.6) is 0 Å². The molecular formula is C14H19N. The molecule has 80 valence electrons. The fourth-order valence-corrected chi connectivity index (χ4v) is 1.45. The first-order valence-corrected chi connectivity index (χ1v) is 5.44. The zero-order valence-electron chi connectivity index (χ0n) is 9.39. The Kier molecular flexibility index (Phi) is 5.31. The summed E-state index contributed by atoms with van der Waals surface area (Å²) >= 11 is 0. The molecule has 0 heterocycles. The Morgan fingerprint density at radius 3 is 2.47 bits per heavy atom. The largest absolute Gasteiger partial charge is 0.364 e. The Morgan fingerprint density at radius 2 is 1.87 bits per heavy atom. The normalized spacial score (nSPS) is 10.5. The first kappa shape index (κ1) is 11.6. The van der Waals surface area contributed by atoms with Crippen LogP contribution in [0.25, 0.3) is 0 Å². The molecule has 0 spiro atoms. The van der Waals surface area contributed by atoms with Gasteiger partial charge < -0.3 is 4.90 Å². The van der Waals surface area contributed by atoms with Crippen LogP contribution in [0.4, 0.5) is 5.69 Å². The molecule has 0 fully saturated rings. The van der Waals surface area contributed by atoms with Crippen LogP contribution in [-0.4, -0.2) is 13.1 Å². The van der Waals surface area contributed by atoms with Gasteiger partial charge in [-0.3, -0.25) is 0 Å². The standard InChI is InChI=1S/C14H19N/c1-3-5-9-13-15(12-4-2)14-10-7-6-8-11-14/h4-11H,2-3,12-13H2,1H3. The summed E-state index contributed by atoms with van der Waals surface area (Å²) in [6, 6.07) is 10.4. The smallest absolute Gasteiger partial charge is 0.0371 e. The molecule has 0 unspecified atom stereocenters. The summed E-state index contributed by atoms with van der Waals surface area (Å²) in [6.07, 6.45) is 7.43. The molecule has 1 rings (SSSR count). The van der Waals surface area contributed by atoms with Gasteiger partial charge in [0.05, 0.1) is 0 Å². The van der Waals surface area contributed by atoms with Crippen LogP contribution in [0.15, 0.2) is 55.1 Å². The SMILES string of the molecule is C=CCN(CC=CCC)c1ccccc1. The lowest BCUT2D eigenvalue weighted by Crippen LogP contribution is -2.22. The van der Waals surface area contributed by atoms with E-state index in [4.69, 9.17) is 0 Å². The highest BCUT2D eigenvalue weighted by molar-refractivity contribution is 5.47. The van der Waals surface area contributed by atoms with E-state index in [1.165, 1.54) is 5.69 Å². The maximum absolute atomic E-state index is 3.79. The van der Waals surface area contributed by atoms with Gasteiger partial charge in [-0.1, -0.05) is 43.4 Å². The van der Waals surface area contributed by atoms with Crippen molar-refractivity contribution in [3.05, 3.63) is 55.1 Å². The fraction of sp³-hybridized carbons (Fsp3) is 0.286. The average Bonchev–Trinajstić information content (AvgIpc) is 2.29. The van der Waals surface area contributed by atoms with Gasteiger partial charge in [0.2, 0.25) is 0 Å². The number of para-hydroxylation sites is 1. The summed E-state index contributed by atoms with van der Waals surface area (Å²) in [5.74, 6) is 0. The van der Waals surface area contributed by atoms with Crippen molar-refractivity contribution >= 4 is 5.69 Å². The van der Waals surface area contributed by atoms with E-state index in [0.717, 1.165) is 19.5 Å². The molecule has 0 N–H and O–H groups in total. The zero-order chi connectivity index (χ0) is 10.9. The van der Waals surface area contributed by atoms with E-state index in [0.29, 0.717) is 0 Å². The highest BCUT2D eigenvalue weighted by Gasteiger charge is 2.00. The van der Waals surface area contributed by atoms with Gasteiger partial charge in [-0.15, -0.1) is 6.58 Å². The van der Waals surface area contributed by atoms with E-state index in [1.54, 1.807) is 0 Å². The van der Waals surface area contributed by atoms with Crippen LogP contribution >= 0.6 is 0 Å². The Balaban J connectivity index is 2.65. The van der Waals surface area contributed by atoms with Gasteiger partial charge in [0.25, 0.3) is 0 Å². The van der Waals surface area contributed by atoms with E-state index in [2.05, 4.69) is 54.8 Å². The van der Waals surface area contributed by atoms with Crippen LogP contribution in [0.1, 0.15) is 13.3 Å². The minimum Gasteiger partial charge on any atom is -0.364 e. The van der Waals surface area contributed by atoms with Crippen molar-refractivity contribution in [2.45, 2.75) is 13.3 Å². The van der Waals surface area contributed by atoms with Crippen LogP contribution in [0.3, 0.4) is 0 Å². The molecular weight excluding hydrogens is 182 g/mol. The summed E-state index contributed by atoms with van der Waals surface area (Å²) in [6.45, 7) is 7.77. The van der Waals surface area contributed by atoms with Gasteiger partial charge in [-0.2, -0.15) is 0 Å². The van der Waals surface area contributed by atoms with Crippen molar-refractivity contribution in [3.8, 4) is 0 Å². The number of allylic oxidation sites excluding steroid dienone is 1. The van der Waals surface area contributed by atoms with Crippen molar-refractivity contribution in [1.29, 1.82) is 0 Å². The third-order valence-electron chi connectivity index (χ3n) is 2.20. The Labute approximate surface area is 92.7 Å². The minimum absolute atomic E-state index is 0.887.